The van der Waals surface area contributed by atoms with Crippen molar-refractivity contribution in [2.75, 3.05) is 6.16 Å². The summed E-state index contributed by atoms with van der Waals surface area (Å²) in [7, 11) is 12.0. The van der Waals surface area contributed by atoms with Crippen molar-refractivity contribution in [1.29, 1.82) is 0 Å². The first-order chi connectivity index (χ1) is 10.7. The minimum absolute atomic E-state index is 0.506. The number of amidine groups is 1. The number of hydrazine groups is 2. The third-order valence-corrected chi connectivity index (χ3v) is 6.08. The molecule has 1 heterocycles. The molecule has 0 spiro atoms. The van der Waals surface area contributed by atoms with Crippen molar-refractivity contribution >= 4 is 40.1 Å². The molecule has 3 rings (SSSR count). The van der Waals surface area contributed by atoms with Gasteiger partial charge >= 0.3 is 0 Å². The summed E-state index contributed by atoms with van der Waals surface area (Å²) < 4.78 is 0. The SMILES string of the molecule is [B]C([B])(CP(c1ccccc1)c1ccccc1)C1=NNNN1. The molecule has 0 atom stereocenters. The van der Waals surface area contributed by atoms with Gasteiger partial charge in [-0.05, 0) is 29.9 Å². The lowest BCUT2D eigenvalue weighted by molar-refractivity contribution is 0.576. The minimum Gasteiger partial charge on any atom is -0.290 e. The molecular weight excluding hydrogens is 289 g/mol. The Morgan fingerprint density at radius 2 is 1.45 bits per heavy atom. The Bertz CT molecular complexity index is 610. The number of nitrogens with zero attached hydrogens (tertiary/aromatic N) is 1. The fraction of sp³-hybridized carbons (Fsp3) is 0.133. The van der Waals surface area contributed by atoms with Crippen molar-refractivity contribution in [3.05, 3.63) is 60.7 Å². The zero-order chi connectivity index (χ0) is 15.4. The standard InChI is InChI=1S/C15H15B2N4P/c16-15(17,14-18-20-21-19-14)11-22(12-7-3-1-4-8-12)13-9-5-2-6-10-13/h1-10,20-21H,11H2,(H,18,19). The molecule has 3 N–H and O–H groups in total. The first-order valence-corrected chi connectivity index (χ1v) is 8.49. The van der Waals surface area contributed by atoms with E-state index >= 15 is 0 Å². The van der Waals surface area contributed by atoms with Crippen LogP contribution in [0.4, 0.5) is 0 Å². The van der Waals surface area contributed by atoms with Crippen LogP contribution < -0.4 is 27.1 Å². The van der Waals surface area contributed by atoms with Gasteiger partial charge in [0.05, 0.1) is 15.7 Å². The number of hydrogen-bond acceptors (Lipinski definition) is 4. The minimum atomic E-state index is -1.05. The average molecular weight is 304 g/mol. The van der Waals surface area contributed by atoms with Crippen LogP contribution in [0.2, 0.25) is 5.21 Å². The van der Waals surface area contributed by atoms with E-state index in [1.54, 1.807) is 0 Å². The first-order valence-electron chi connectivity index (χ1n) is 6.96. The van der Waals surface area contributed by atoms with E-state index in [1.165, 1.54) is 10.6 Å². The van der Waals surface area contributed by atoms with Gasteiger partial charge < -0.3 is 0 Å². The quantitative estimate of drug-likeness (QED) is 0.557. The van der Waals surface area contributed by atoms with Gasteiger partial charge in [-0.15, -0.1) is 10.6 Å². The van der Waals surface area contributed by atoms with Crippen molar-refractivity contribution < 1.29 is 0 Å². The fourth-order valence-electron chi connectivity index (χ4n) is 2.30. The van der Waals surface area contributed by atoms with Crippen LogP contribution >= 0.6 is 7.92 Å². The van der Waals surface area contributed by atoms with Gasteiger partial charge in [0, 0.05) is 0 Å². The number of rotatable bonds is 5. The van der Waals surface area contributed by atoms with Gasteiger partial charge in [-0.1, -0.05) is 60.7 Å². The third-order valence-electron chi connectivity index (χ3n) is 3.40. The van der Waals surface area contributed by atoms with Gasteiger partial charge in [0.1, 0.15) is 5.84 Å². The molecule has 0 amide bonds. The normalized spacial score (nSPS) is 14.3. The maximum atomic E-state index is 6.32. The van der Waals surface area contributed by atoms with Crippen LogP contribution in [0.3, 0.4) is 0 Å². The number of benzene rings is 2. The summed E-state index contributed by atoms with van der Waals surface area (Å²) in [5, 5.41) is 5.48. The second kappa shape index (κ2) is 6.55. The van der Waals surface area contributed by atoms with E-state index in [0.717, 1.165) is 0 Å². The predicted molar refractivity (Wildman–Crippen MR) is 95.0 cm³/mol. The molecule has 0 saturated heterocycles. The molecule has 0 bridgehead atoms. The summed E-state index contributed by atoms with van der Waals surface area (Å²) in [6, 6.07) is 20.7. The average Bonchev–Trinajstić information content (AvgIpc) is 3.10. The number of hydrazone groups is 1. The van der Waals surface area contributed by atoms with Crippen LogP contribution in [0.1, 0.15) is 0 Å². The smallest absolute Gasteiger partial charge is 0.128 e. The molecule has 106 valence electrons. The Kier molecular flexibility index (Phi) is 4.51. The predicted octanol–water partition coefficient (Wildman–Crippen LogP) is 0.498. The number of hydrogen-bond donors (Lipinski definition) is 3. The summed E-state index contributed by atoms with van der Waals surface area (Å²) in [5.74, 6) is 0.506. The molecule has 2 aromatic rings. The highest BCUT2D eigenvalue weighted by atomic mass is 31.1. The summed E-state index contributed by atoms with van der Waals surface area (Å²) in [4.78, 5) is 0. The van der Waals surface area contributed by atoms with E-state index in [0.29, 0.717) is 12.0 Å². The second-order valence-corrected chi connectivity index (χ2v) is 7.32. The lowest BCUT2D eigenvalue weighted by Crippen LogP contribution is -2.43. The lowest BCUT2D eigenvalue weighted by Gasteiger charge is -2.31. The maximum Gasteiger partial charge on any atom is 0.128 e. The Morgan fingerprint density at radius 3 is 1.91 bits per heavy atom. The molecule has 4 radical (unpaired) electrons. The zero-order valence-corrected chi connectivity index (χ0v) is 12.9. The first kappa shape index (κ1) is 15.1. The van der Waals surface area contributed by atoms with E-state index in [9.17, 15) is 0 Å². The van der Waals surface area contributed by atoms with Gasteiger partial charge in [0.2, 0.25) is 0 Å². The van der Waals surface area contributed by atoms with E-state index in [-0.39, 0.29) is 0 Å². The molecule has 0 aromatic heterocycles. The number of nitrogens with one attached hydrogen (secondary N) is 3. The van der Waals surface area contributed by atoms with Gasteiger partial charge in [0.15, 0.2) is 0 Å². The van der Waals surface area contributed by atoms with E-state index in [4.69, 9.17) is 15.7 Å². The molecule has 2 aromatic carbocycles. The topological polar surface area (TPSA) is 48.5 Å². The van der Waals surface area contributed by atoms with Crippen molar-refractivity contribution in [2.45, 2.75) is 5.21 Å². The second-order valence-electron chi connectivity index (χ2n) is 5.12. The van der Waals surface area contributed by atoms with Crippen LogP contribution in [0, 0.1) is 0 Å². The Morgan fingerprint density at radius 1 is 0.909 bits per heavy atom. The molecule has 0 fully saturated rings. The summed E-state index contributed by atoms with van der Waals surface area (Å²) >= 11 is 0. The Balaban J connectivity index is 1.92. The largest absolute Gasteiger partial charge is 0.290 e. The fourth-order valence-corrected chi connectivity index (χ4v) is 4.70. The van der Waals surface area contributed by atoms with Gasteiger partial charge in [0.25, 0.3) is 0 Å². The summed E-state index contributed by atoms with van der Waals surface area (Å²) in [6.07, 6.45) is 0.589. The van der Waals surface area contributed by atoms with Crippen molar-refractivity contribution in [3.8, 4) is 0 Å². The third kappa shape index (κ3) is 3.34. The Hall–Kier alpha value is -1.77. The molecule has 0 saturated carbocycles. The highest BCUT2D eigenvalue weighted by molar-refractivity contribution is 7.73. The highest BCUT2D eigenvalue weighted by Gasteiger charge is 2.31. The van der Waals surface area contributed by atoms with Crippen LogP contribution in [0.25, 0.3) is 0 Å². The van der Waals surface area contributed by atoms with Crippen molar-refractivity contribution in [1.82, 2.24) is 16.5 Å². The highest BCUT2D eigenvalue weighted by Crippen LogP contribution is 2.41. The van der Waals surface area contributed by atoms with Crippen molar-refractivity contribution in [2.24, 2.45) is 5.10 Å². The molecule has 7 heteroatoms. The summed E-state index contributed by atoms with van der Waals surface area (Å²) in [6.45, 7) is 0. The van der Waals surface area contributed by atoms with Crippen LogP contribution in [-0.4, -0.2) is 27.7 Å². The van der Waals surface area contributed by atoms with Crippen LogP contribution in [0.5, 0.6) is 0 Å². The molecule has 22 heavy (non-hydrogen) atoms. The Labute approximate surface area is 134 Å². The van der Waals surface area contributed by atoms with E-state index < -0.39 is 13.1 Å². The van der Waals surface area contributed by atoms with Gasteiger partial charge in [-0.2, -0.15) is 0 Å². The van der Waals surface area contributed by atoms with Gasteiger partial charge in [-0.25, -0.2) is 5.53 Å². The van der Waals surface area contributed by atoms with E-state index in [1.807, 2.05) is 36.4 Å². The molecule has 0 unspecified atom stereocenters. The monoisotopic (exact) mass is 304 g/mol. The van der Waals surface area contributed by atoms with Gasteiger partial charge in [-0.3, -0.25) is 5.43 Å². The lowest BCUT2D eigenvalue weighted by atomic mass is 9.55. The zero-order valence-electron chi connectivity index (χ0n) is 12.0. The summed E-state index contributed by atoms with van der Waals surface area (Å²) in [5.41, 5.74) is 8.13. The molecule has 0 aliphatic carbocycles. The van der Waals surface area contributed by atoms with Crippen LogP contribution in [0.15, 0.2) is 65.8 Å². The van der Waals surface area contributed by atoms with Crippen molar-refractivity contribution in [3.63, 3.8) is 0 Å². The molecule has 1 aliphatic rings. The molecule has 1 aliphatic heterocycles. The molecular formula is C15H15B2N4P. The van der Waals surface area contributed by atoms with E-state index in [2.05, 4.69) is 45.9 Å². The maximum absolute atomic E-state index is 6.32. The molecule has 4 nitrogen and oxygen atoms in total. The van der Waals surface area contributed by atoms with Crippen LogP contribution in [-0.2, 0) is 0 Å².